The molecular formula is C28H27N5O3S. The summed E-state index contributed by atoms with van der Waals surface area (Å²) in [6.07, 6.45) is 0.565. The fourth-order valence-electron chi connectivity index (χ4n) is 4.48. The first-order valence-corrected chi connectivity index (χ1v) is 13.0. The van der Waals surface area contributed by atoms with E-state index in [1.807, 2.05) is 78.9 Å². The first-order chi connectivity index (χ1) is 17.9. The van der Waals surface area contributed by atoms with Gasteiger partial charge in [0.05, 0.1) is 24.4 Å². The Bertz CT molecular complexity index is 1480. The molecule has 9 heteroatoms. The summed E-state index contributed by atoms with van der Waals surface area (Å²) in [5.74, 6) is 0.194. The zero-order valence-corrected chi connectivity index (χ0v) is 21.7. The number of nitrogens with one attached hydrogen (secondary N) is 1. The molecule has 0 spiro atoms. The van der Waals surface area contributed by atoms with Crippen LogP contribution in [-0.2, 0) is 27.3 Å². The fraction of sp³-hybridized carbons (Fsp3) is 0.286. The summed E-state index contributed by atoms with van der Waals surface area (Å²) in [5, 5.41) is 22.6. The highest BCUT2D eigenvalue weighted by molar-refractivity contribution is 8.00. The number of pyridine rings is 1. The van der Waals surface area contributed by atoms with E-state index >= 15 is 0 Å². The summed E-state index contributed by atoms with van der Waals surface area (Å²) in [5.41, 5.74) is 4.05. The van der Waals surface area contributed by atoms with Crippen molar-refractivity contribution in [2.75, 3.05) is 11.9 Å². The van der Waals surface area contributed by atoms with E-state index in [1.165, 1.54) is 11.8 Å². The third-order valence-electron chi connectivity index (χ3n) is 6.21. The van der Waals surface area contributed by atoms with Crippen molar-refractivity contribution in [3.05, 3.63) is 82.9 Å². The molecule has 0 bridgehead atoms. The minimum atomic E-state index is -0.658. The molecule has 4 aromatic rings. The Hall–Kier alpha value is -3.87. The number of carbonyl (C=O) groups excluding carboxylic acids is 1. The number of esters is 1. The van der Waals surface area contributed by atoms with Crippen LogP contribution in [0.2, 0.25) is 0 Å². The van der Waals surface area contributed by atoms with Gasteiger partial charge in [-0.05, 0) is 44.0 Å². The molecule has 0 aliphatic carbocycles. The van der Waals surface area contributed by atoms with E-state index in [4.69, 9.17) is 9.47 Å². The molecule has 188 valence electrons. The van der Waals surface area contributed by atoms with Gasteiger partial charge in [-0.3, -0.25) is 9.20 Å². The van der Waals surface area contributed by atoms with Crippen molar-refractivity contribution in [1.82, 2.24) is 14.6 Å². The van der Waals surface area contributed by atoms with Crippen LogP contribution in [0.5, 0.6) is 0 Å². The summed E-state index contributed by atoms with van der Waals surface area (Å²) < 4.78 is 13.3. The topological polar surface area (TPSA) is 102 Å². The number of rotatable bonds is 7. The average molecular weight is 514 g/mol. The van der Waals surface area contributed by atoms with E-state index in [-0.39, 0.29) is 12.6 Å². The van der Waals surface area contributed by atoms with Crippen molar-refractivity contribution < 1.29 is 14.3 Å². The molecule has 1 aliphatic rings. The molecule has 0 saturated carbocycles. The molecule has 3 heterocycles. The molecule has 37 heavy (non-hydrogen) atoms. The smallest absolute Gasteiger partial charge is 0.324 e. The molecular weight excluding hydrogens is 486 g/mol. The highest BCUT2D eigenvalue weighted by atomic mass is 32.2. The minimum Gasteiger partial charge on any atom is -0.465 e. The summed E-state index contributed by atoms with van der Waals surface area (Å²) in [6, 6.07) is 21.5. The molecule has 0 fully saturated rings. The van der Waals surface area contributed by atoms with Gasteiger partial charge in [-0.25, -0.2) is 0 Å². The molecule has 5 rings (SSSR count). The second-order valence-corrected chi connectivity index (χ2v) is 10.4. The molecule has 1 N–H and O–H groups in total. The fourth-order valence-corrected chi connectivity index (χ4v) is 5.51. The number of carbonyl (C=O) groups is 1. The maximum absolute atomic E-state index is 13.0. The Labute approximate surface area is 219 Å². The lowest BCUT2D eigenvalue weighted by Crippen LogP contribution is -2.33. The van der Waals surface area contributed by atoms with Crippen molar-refractivity contribution in [3.8, 4) is 6.07 Å². The van der Waals surface area contributed by atoms with Crippen LogP contribution >= 0.6 is 11.8 Å². The van der Waals surface area contributed by atoms with Crippen molar-refractivity contribution >= 4 is 34.9 Å². The maximum Gasteiger partial charge on any atom is 0.324 e. The second-order valence-electron chi connectivity index (χ2n) is 9.31. The van der Waals surface area contributed by atoms with Gasteiger partial charge in [0.2, 0.25) is 0 Å². The van der Waals surface area contributed by atoms with Crippen LogP contribution < -0.4 is 5.32 Å². The van der Waals surface area contributed by atoms with Crippen molar-refractivity contribution in [2.45, 2.75) is 49.8 Å². The van der Waals surface area contributed by atoms with Gasteiger partial charge in [0.1, 0.15) is 17.1 Å². The lowest BCUT2D eigenvalue weighted by atomic mass is 9.89. The molecule has 1 atom stereocenters. The van der Waals surface area contributed by atoms with E-state index in [9.17, 15) is 10.1 Å². The number of nitrogens with zero attached hydrogens (tertiary/aromatic N) is 4. The zero-order chi connectivity index (χ0) is 26.0. The van der Waals surface area contributed by atoms with E-state index in [1.54, 1.807) is 6.92 Å². The van der Waals surface area contributed by atoms with Gasteiger partial charge >= 0.3 is 5.97 Å². The predicted octanol–water partition coefficient (Wildman–Crippen LogP) is 5.59. The van der Waals surface area contributed by atoms with Gasteiger partial charge in [-0.15, -0.1) is 10.2 Å². The Morgan fingerprint density at radius 1 is 1.16 bits per heavy atom. The number of aromatic nitrogens is 3. The number of para-hydroxylation sites is 1. The molecule has 8 nitrogen and oxygen atoms in total. The van der Waals surface area contributed by atoms with Gasteiger partial charge in [0.15, 0.2) is 10.8 Å². The number of anilines is 2. The SMILES string of the molecule is CCOC(=O)C(Sc1nnc2c3c(c(C#N)c(Nc4ccccc4)n12)CC(C)(C)OC3)c1ccccc1. The van der Waals surface area contributed by atoms with Gasteiger partial charge in [-0.1, -0.05) is 60.3 Å². The lowest BCUT2D eigenvalue weighted by molar-refractivity contribution is -0.142. The summed E-state index contributed by atoms with van der Waals surface area (Å²) >= 11 is 1.24. The van der Waals surface area contributed by atoms with Crippen LogP contribution in [0.3, 0.4) is 0 Å². The first kappa shape index (κ1) is 24.8. The number of benzene rings is 2. The average Bonchev–Trinajstić information content (AvgIpc) is 3.31. The van der Waals surface area contributed by atoms with Crippen molar-refractivity contribution in [2.24, 2.45) is 0 Å². The van der Waals surface area contributed by atoms with E-state index in [0.29, 0.717) is 35.2 Å². The Kier molecular flexibility index (Phi) is 6.87. The third-order valence-corrected chi connectivity index (χ3v) is 7.39. The molecule has 2 aromatic heterocycles. The Morgan fingerprint density at radius 2 is 1.86 bits per heavy atom. The normalized spacial score (nSPS) is 15.0. The summed E-state index contributed by atoms with van der Waals surface area (Å²) in [7, 11) is 0. The molecule has 0 radical (unpaired) electrons. The zero-order valence-electron chi connectivity index (χ0n) is 20.9. The molecule has 0 saturated heterocycles. The molecule has 2 aromatic carbocycles. The highest BCUT2D eigenvalue weighted by Gasteiger charge is 2.34. The van der Waals surface area contributed by atoms with E-state index in [2.05, 4.69) is 21.6 Å². The first-order valence-electron chi connectivity index (χ1n) is 12.1. The molecule has 1 unspecified atom stereocenters. The lowest BCUT2D eigenvalue weighted by Gasteiger charge is -2.33. The van der Waals surface area contributed by atoms with Crippen molar-refractivity contribution in [3.63, 3.8) is 0 Å². The number of hydrogen-bond donors (Lipinski definition) is 1. The summed E-state index contributed by atoms with van der Waals surface area (Å²) in [6.45, 7) is 6.39. The minimum absolute atomic E-state index is 0.267. The van der Waals surface area contributed by atoms with Gasteiger partial charge < -0.3 is 14.8 Å². The number of fused-ring (bicyclic) bond motifs is 3. The van der Waals surface area contributed by atoms with Crippen LogP contribution in [0.1, 0.15) is 48.3 Å². The van der Waals surface area contributed by atoms with E-state index < -0.39 is 10.9 Å². The van der Waals surface area contributed by atoms with Crippen molar-refractivity contribution in [1.29, 1.82) is 5.26 Å². The van der Waals surface area contributed by atoms with Crippen LogP contribution in [0, 0.1) is 11.3 Å². The molecule has 1 aliphatic heterocycles. The standard InChI is InChI=1S/C28H27N5O3S/c1-4-35-26(34)23(18-11-7-5-8-12-18)37-27-32-31-25-22-17-36-28(2,3)15-20(22)21(16-29)24(33(25)27)30-19-13-9-6-10-14-19/h5-14,23,30H,4,15,17H2,1-3H3. The maximum atomic E-state index is 13.0. The monoisotopic (exact) mass is 513 g/mol. The largest absolute Gasteiger partial charge is 0.465 e. The summed E-state index contributed by atoms with van der Waals surface area (Å²) in [4.78, 5) is 13.0. The van der Waals surface area contributed by atoms with Crippen LogP contribution in [-0.4, -0.2) is 32.8 Å². The Morgan fingerprint density at radius 3 is 2.54 bits per heavy atom. The predicted molar refractivity (Wildman–Crippen MR) is 142 cm³/mol. The Balaban J connectivity index is 1.71. The molecule has 0 amide bonds. The number of hydrogen-bond acceptors (Lipinski definition) is 8. The van der Waals surface area contributed by atoms with Gasteiger partial charge in [0, 0.05) is 17.7 Å². The number of nitriles is 1. The van der Waals surface area contributed by atoms with E-state index in [0.717, 1.165) is 22.4 Å². The van der Waals surface area contributed by atoms with Gasteiger partial charge in [0.25, 0.3) is 0 Å². The second kappa shape index (κ2) is 10.2. The highest BCUT2D eigenvalue weighted by Crippen LogP contribution is 2.41. The van der Waals surface area contributed by atoms with Gasteiger partial charge in [-0.2, -0.15) is 5.26 Å². The third kappa shape index (κ3) is 4.90. The number of thioether (sulfide) groups is 1. The quantitative estimate of drug-likeness (QED) is 0.252. The van der Waals surface area contributed by atoms with Crippen LogP contribution in [0.25, 0.3) is 5.65 Å². The number of ether oxygens (including phenoxy) is 2. The van der Waals surface area contributed by atoms with Crippen LogP contribution in [0.4, 0.5) is 11.5 Å². The van der Waals surface area contributed by atoms with Crippen LogP contribution in [0.15, 0.2) is 65.8 Å².